The lowest BCUT2D eigenvalue weighted by atomic mass is 9.99. The third-order valence-electron chi connectivity index (χ3n) is 7.15. The van der Waals surface area contributed by atoms with E-state index in [9.17, 15) is 18.0 Å². The van der Waals surface area contributed by atoms with Crippen molar-refractivity contribution in [1.82, 2.24) is 4.90 Å². The lowest BCUT2D eigenvalue weighted by Gasteiger charge is -2.21. The van der Waals surface area contributed by atoms with Crippen LogP contribution in [0.2, 0.25) is 25.7 Å². The summed E-state index contributed by atoms with van der Waals surface area (Å²) in [6.45, 7) is 7.07. The van der Waals surface area contributed by atoms with E-state index in [-0.39, 0.29) is 22.6 Å². The van der Waals surface area contributed by atoms with Crippen LogP contribution in [0, 0.1) is 3.57 Å². The highest BCUT2D eigenvalue weighted by atomic mass is 127. The van der Waals surface area contributed by atoms with E-state index in [4.69, 9.17) is 4.74 Å². The van der Waals surface area contributed by atoms with Crippen LogP contribution in [-0.2, 0) is 32.3 Å². The standard InChI is InChI=1S/C29H39IN2O5SSi/c1-32(29(34)37-15-16-39(2,3)4)19-22-18-24(9-13-27(22)38(35,36)25-10-11-25)31-28(33)14-7-21-17-23(30)8-12-26(21)20-5-6-20/h8-9,12-13,17-18,20,25H,5-7,10-11,14-16,19H2,1-4H3,(H,31,33). The Labute approximate surface area is 247 Å². The number of hydrogen-bond donors (Lipinski definition) is 1. The second-order valence-corrected chi connectivity index (χ2v) is 21.1. The van der Waals surface area contributed by atoms with Gasteiger partial charge in [-0.3, -0.25) is 4.79 Å². The van der Waals surface area contributed by atoms with Crippen molar-refractivity contribution in [2.45, 2.75) is 86.8 Å². The topological polar surface area (TPSA) is 92.8 Å². The van der Waals surface area contributed by atoms with Gasteiger partial charge in [0.15, 0.2) is 9.84 Å². The summed E-state index contributed by atoms with van der Waals surface area (Å²) in [5.74, 6) is 0.487. The number of amides is 2. The second kappa shape index (κ2) is 12.3. The van der Waals surface area contributed by atoms with Crippen molar-refractivity contribution in [3.05, 3.63) is 56.7 Å². The van der Waals surface area contributed by atoms with Crippen LogP contribution in [0.15, 0.2) is 41.3 Å². The van der Waals surface area contributed by atoms with Gasteiger partial charge in [0.25, 0.3) is 0 Å². The zero-order chi connectivity index (χ0) is 28.4. The Hall–Kier alpha value is -1.92. The molecule has 0 heterocycles. The SMILES string of the molecule is CN(Cc1cc(NC(=O)CCc2cc(I)ccc2C2CC2)ccc1S(=O)(=O)C1CC1)C(=O)OCC[Si](C)(C)C. The number of carbonyl (C=O) groups is 2. The zero-order valence-electron chi connectivity index (χ0n) is 23.3. The maximum atomic E-state index is 13.1. The molecule has 2 aliphatic carbocycles. The number of nitrogens with one attached hydrogen (secondary N) is 1. The first kappa shape index (κ1) is 30.0. The molecule has 2 aromatic carbocycles. The normalized spacial score (nSPS) is 15.6. The molecule has 0 unspecified atom stereocenters. The van der Waals surface area contributed by atoms with Crippen LogP contribution >= 0.6 is 22.6 Å². The largest absolute Gasteiger partial charge is 0.450 e. The van der Waals surface area contributed by atoms with Crippen LogP contribution in [-0.4, -0.2) is 52.3 Å². The summed E-state index contributed by atoms with van der Waals surface area (Å²) in [5, 5.41) is 2.57. The number of halogens is 1. The predicted molar refractivity (Wildman–Crippen MR) is 166 cm³/mol. The second-order valence-electron chi connectivity index (χ2n) is 12.0. The molecule has 2 aliphatic rings. The molecule has 0 radical (unpaired) electrons. The number of sulfone groups is 1. The van der Waals surface area contributed by atoms with Crippen molar-refractivity contribution in [1.29, 1.82) is 0 Å². The number of nitrogens with zero attached hydrogens (tertiary/aromatic N) is 1. The lowest BCUT2D eigenvalue weighted by Crippen LogP contribution is -2.30. The third-order valence-corrected chi connectivity index (χ3v) is 11.9. The smallest absolute Gasteiger partial charge is 0.409 e. The van der Waals surface area contributed by atoms with Crippen molar-refractivity contribution < 1.29 is 22.7 Å². The Morgan fingerprint density at radius 1 is 1.05 bits per heavy atom. The minimum atomic E-state index is -3.49. The monoisotopic (exact) mass is 682 g/mol. The van der Waals surface area contributed by atoms with Crippen molar-refractivity contribution in [2.24, 2.45) is 0 Å². The first-order valence-corrected chi connectivity index (χ1v) is 20.0. The fraction of sp³-hybridized carbons (Fsp3) is 0.517. The van der Waals surface area contributed by atoms with Gasteiger partial charge in [-0.25, -0.2) is 13.2 Å². The Balaban J connectivity index is 1.45. The van der Waals surface area contributed by atoms with Gasteiger partial charge in [0.05, 0.1) is 23.3 Å². The van der Waals surface area contributed by atoms with Crippen LogP contribution in [0.1, 0.15) is 54.7 Å². The number of carbonyl (C=O) groups excluding carboxylic acids is 2. The first-order valence-electron chi connectivity index (χ1n) is 13.7. The number of anilines is 1. The molecule has 0 saturated heterocycles. The highest BCUT2D eigenvalue weighted by molar-refractivity contribution is 14.1. The predicted octanol–water partition coefficient (Wildman–Crippen LogP) is 6.58. The van der Waals surface area contributed by atoms with Gasteiger partial charge in [-0.05, 0) is 114 Å². The molecule has 0 atom stereocenters. The molecule has 4 rings (SSSR count). The van der Waals surface area contributed by atoms with Gasteiger partial charge in [-0.15, -0.1) is 0 Å². The van der Waals surface area contributed by atoms with E-state index in [2.05, 4.69) is 65.7 Å². The zero-order valence-corrected chi connectivity index (χ0v) is 27.2. The van der Waals surface area contributed by atoms with Gasteiger partial charge >= 0.3 is 6.09 Å². The summed E-state index contributed by atoms with van der Waals surface area (Å²) in [5.41, 5.74) is 3.58. The summed E-state index contributed by atoms with van der Waals surface area (Å²) in [4.78, 5) is 27.1. The van der Waals surface area contributed by atoms with Crippen LogP contribution in [0.25, 0.3) is 0 Å². The summed E-state index contributed by atoms with van der Waals surface area (Å²) in [6.07, 6.45) is 4.22. The van der Waals surface area contributed by atoms with E-state index in [1.54, 1.807) is 25.2 Å². The molecule has 0 aliphatic heterocycles. The molecule has 0 aromatic heterocycles. The molecule has 0 bridgehead atoms. The Morgan fingerprint density at radius 2 is 1.77 bits per heavy atom. The van der Waals surface area contributed by atoms with E-state index in [0.29, 0.717) is 49.5 Å². The minimum absolute atomic E-state index is 0.0734. The maximum absolute atomic E-state index is 13.1. The van der Waals surface area contributed by atoms with Gasteiger partial charge in [0.2, 0.25) is 5.91 Å². The minimum Gasteiger partial charge on any atom is -0.450 e. The van der Waals surface area contributed by atoms with Crippen molar-refractivity contribution in [3.63, 3.8) is 0 Å². The number of hydrogen-bond acceptors (Lipinski definition) is 5. The van der Waals surface area contributed by atoms with Gasteiger partial charge in [0, 0.05) is 30.8 Å². The fourth-order valence-electron chi connectivity index (χ4n) is 4.55. The van der Waals surface area contributed by atoms with Gasteiger partial charge in [-0.2, -0.15) is 0 Å². The van der Waals surface area contributed by atoms with Gasteiger partial charge in [-0.1, -0.05) is 25.7 Å². The third kappa shape index (κ3) is 8.53. The molecular formula is C29H39IN2O5SSi. The van der Waals surface area contributed by atoms with Crippen LogP contribution in [0.4, 0.5) is 10.5 Å². The average Bonchev–Trinajstić information content (AvgIpc) is 3.74. The maximum Gasteiger partial charge on any atom is 0.409 e. The lowest BCUT2D eigenvalue weighted by molar-refractivity contribution is -0.116. The van der Waals surface area contributed by atoms with Crippen LogP contribution in [0.5, 0.6) is 0 Å². The number of aryl methyl sites for hydroxylation is 1. The Morgan fingerprint density at radius 3 is 2.41 bits per heavy atom. The van der Waals surface area contributed by atoms with Crippen LogP contribution in [0.3, 0.4) is 0 Å². The highest BCUT2D eigenvalue weighted by Crippen LogP contribution is 2.42. The van der Waals surface area contributed by atoms with Crippen molar-refractivity contribution in [3.8, 4) is 0 Å². The van der Waals surface area contributed by atoms with Crippen LogP contribution < -0.4 is 5.32 Å². The molecule has 39 heavy (non-hydrogen) atoms. The number of rotatable bonds is 12. The molecule has 0 spiro atoms. The van der Waals surface area contributed by atoms with E-state index in [1.165, 1.54) is 28.9 Å². The molecule has 7 nitrogen and oxygen atoms in total. The molecule has 212 valence electrons. The molecule has 2 saturated carbocycles. The summed E-state index contributed by atoms with van der Waals surface area (Å²) < 4.78 is 32.9. The highest BCUT2D eigenvalue weighted by Gasteiger charge is 2.38. The fourth-order valence-corrected chi connectivity index (χ4v) is 7.68. The van der Waals surface area contributed by atoms with Crippen molar-refractivity contribution >= 4 is 58.2 Å². The molecule has 2 aromatic rings. The van der Waals surface area contributed by atoms with E-state index in [1.807, 2.05) is 0 Å². The Kier molecular flexibility index (Phi) is 9.47. The van der Waals surface area contributed by atoms with Crippen molar-refractivity contribution in [2.75, 3.05) is 19.0 Å². The van der Waals surface area contributed by atoms with E-state index >= 15 is 0 Å². The summed E-state index contributed by atoms with van der Waals surface area (Å²) >= 11 is 2.30. The first-order chi connectivity index (χ1) is 18.3. The molecule has 2 fully saturated rings. The molecule has 1 N–H and O–H groups in total. The Bertz CT molecular complexity index is 1330. The van der Waals surface area contributed by atoms with E-state index < -0.39 is 24.0 Å². The summed E-state index contributed by atoms with van der Waals surface area (Å²) in [7, 11) is -3.24. The molecular weight excluding hydrogens is 643 g/mol. The van der Waals surface area contributed by atoms with Gasteiger partial charge in [0.1, 0.15) is 0 Å². The number of benzene rings is 2. The van der Waals surface area contributed by atoms with E-state index in [0.717, 1.165) is 9.61 Å². The molecule has 2 amide bonds. The number of ether oxygens (including phenoxy) is 1. The molecule has 10 heteroatoms. The summed E-state index contributed by atoms with van der Waals surface area (Å²) in [6, 6.07) is 12.2. The van der Waals surface area contributed by atoms with Gasteiger partial charge < -0.3 is 15.0 Å². The average molecular weight is 683 g/mol. The quantitative estimate of drug-likeness (QED) is 0.202.